The molecule has 32 heavy (non-hydrogen) atoms. The molecule has 0 spiro atoms. The number of nitrogens with zero attached hydrogens (tertiary/aromatic N) is 1. The molecule has 1 heterocycles. The molecule has 0 bridgehead atoms. The Morgan fingerprint density at radius 3 is 2.41 bits per heavy atom. The summed E-state index contributed by atoms with van der Waals surface area (Å²) in [6.45, 7) is 4.16. The Kier molecular flexibility index (Phi) is 6.99. The third-order valence-corrected chi connectivity index (χ3v) is 5.17. The number of methoxy groups -OCH3 is 1. The molecule has 3 rings (SSSR count). The summed E-state index contributed by atoms with van der Waals surface area (Å²) in [7, 11) is -2.04. The molecule has 2 N–H and O–H groups in total. The number of sulfonamides is 1. The largest absolute Gasteiger partial charge is 0.494 e. The Bertz CT molecular complexity index is 1200. The van der Waals surface area contributed by atoms with E-state index in [1.165, 1.54) is 13.2 Å². The topological polar surface area (TPSA) is 107 Å². The maximum Gasteiger partial charge on any atom is 0.255 e. The van der Waals surface area contributed by atoms with Crippen molar-refractivity contribution in [2.75, 3.05) is 23.4 Å². The zero-order chi connectivity index (χ0) is 23.3. The van der Waals surface area contributed by atoms with Crippen molar-refractivity contribution in [2.45, 2.75) is 20.5 Å². The van der Waals surface area contributed by atoms with Gasteiger partial charge < -0.3 is 14.8 Å². The van der Waals surface area contributed by atoms with Crippen molar-refractivity contribution >= 4 is 27.3 Å². The summed E-state index contributed by atoms with van der Waals surface area (Å²) in [5.74, 6) is 0.712. The molecule has 0 atom stereocenters. The number of carbonyl (C=O) groups excluding carboxylic acids is 1. The molecule has 0 fully saturated rings. The monoisotopic (exact) mass is 455 g/mol. The minimum Gasteiger partial charge on any atom is -0.494 e. The second-order valence-corrected chi connectivity index (χ2v) is 9.08. The zero-order valence-corrected chi connectivity index (χ0v) is 19.1. The van der Waals surface area contributed by atoms with Crippen molar-refractivity contribution in [3.05, 3.63) is 77.1 Å². The first kappa shape index (κ1) is 23.1. The molecule has 0 aliphatic heterocycles. The van der Waals surface area contributed by atoms with Crippen molar-refractivity contribution in [2.24, 2.45) is 0 Å². The van der Waals surface area contributed by atoms with E-state index in [9.17, 15) is 13.2 Å². The van der Waals surface area contributed by atoms with Gasteiger partial charge in [0, 0.05) is 35.3 Å². The molecule has 0 aliphatic rings. The highest BCUT2D eigenvalue weighted by Crippen LogP contribution is 2.30. The second kappa shape index (κ2) is 9.69. The first-order chi connectivity index (χ1) is 15.2. The fourth-order valence-electron chi connectivity index (χ4n) is 3.20. The van der Waals surface area contributed by atoms with Crippen molar-refractivity contribution in [1.82, 2.24) is 4.98 Å². The Labute approximate surface area is 187 Å². The molecule has 0 radical (unpaired) electrons. The Hall–Kier alpha value is -3.59. The molecule has 1 amide bonds. The summed E-state index contributed by atoms with van der Waals surface area (Å²) in [5, 5.41) is 2.81. The number of hydrogen-bond donors (Lipinski definition) is 2. The summed E-state index contributed by atoms with van der Waals surface area (Å²) in [6.07, 6.45) is 4.51. The van der Waals surface area contributed by atoms with E-state index in [1.54, 1.807) is 36.7 Å². The number of benzene rings is 2. The van der Waals surface area contributed by atoms with Crippen LogP contribution in [0.3, 0.4) is 0 Å². The van der Waals surface area contributed by atoms with E-state index in [0.29, 0.717) is 23.6 Å². The van der Waals surface area contributed by atoms with Crippen LogP contribution in [0.5, 0.6) is 11.5 Å². The summed E-state index contributed by atoms with van der Waals surface area (Å²) in [6, 6.07) is 12.0. The second-order valence-electron chi connectivity index (χ2n) is 7.33. The van der Waals surface area contributed by atoms with Crippen LogP contribution < -0.4 is 19.5 Å². The van der Waals surface area contributed by atoms with E-state index in [0.717, 1.165) is 28.7 Å². The lowest BCUT2D eigenvalue weighted by Crippen LogP contribution is -2.14. The number of carbonyl (C=O) groups is 1. The highest BCUT2D eigenvalue weighted by atomic mass is 32.2. The average molecular weight is 456 g/mol. The van der Waals surface area contributed by atoms with Crippen LogP contribution in [0, 0.1) is 13.8 Å². The summed E-state index contributed by atoms with van der Waals surface area (Å²) >= 11 is 0. The van der Waals surface area contributed by atoms with Crippen LogP contribution in [-0.4, -0.2) is 32.7 Å². The fraction of sp³-hybridized carbons (Fsp3) is 0.217. The van der Waals surface area contributed by atoms with E-state index in [1.807, 2.05) is 26.0 Å². The van der Waals surface area contributed by atoms with Crippen LogP contribution in [-0.2, 0) is 16.6 Å². The van der Waals surface area contributed by atoms with Gasteiger partial charge in [-0.25, -0.2) is 8.42 Å². The number of rotatable bonds is 8. The van der Waals surface area contributed by atoms with Crippen molar-refractivity contribution in [3.8, 4) is 11.5 Å². The molecule has 168 valence electrons. The number of hydrogen-bond acceptors (Lipinski definition) is 6. The molecular weight excluding hydrogens is 430 g/mol. The van der Waals surface area contributed by atoms with E-state index < -0.39 is 10.0 Å². The Morgan fingerprint density at radius 1 is 1.09 bits per heavy atom. The number of aryl methyl sites for hydroxylation is 2. The van der Waals surface area contributed by atoms with Gasteiger partial charge in [-0.05, 0) is 55.3 Å². The molecule has 0 unspecified atom stereocenters. The summed E-state index contributed by atoms with van der Waals surface area (Å²) in [5.41, 5.74) is 3.86. The van der Waals surface area contributed by atoms with Gasteiger partial charge in [0.05, 0.1) is 19.1 Å². The Balaban J connectivity index is 1.75. The third-order valence-electron chi connectivity index (χ3n) is 4.58. The molecule has 0 aliphatic carbocycles. The minimum atomic E-state index is -3.46. The average Bonchev–Trinajstić information content (AvgIpc) is 2.73. The van der Waals surface area contributed by atoms with E-state index in [2.05, 4.69) is 15.0 Å². The first-order valence-corrected chi connectivity index (χ1v) is 11.7. The quantitative estimate of drug-likeness (QED) is 0.533. The third kappa shape index (κ3) is 5.98. The van der Waals surface area contributed by atoms with E-state index in [4.69, 9.17) is 9.47 Å². The zero-order valence-electron chi connectivity index (χ0n) is 18.3. The number of ether oxygens (including phenoxy) is 2. The molecule has 0 saturated heterocycles. The molecule has 2 aromatic carbocycles. The normalized spacial score (nSPS) is 11.0. The van der Waals surface area contributed by atoms with Gasteiger partial charge in [-0.3, -0.25) is 14.5 Å². The van der Waals surface area contributed by atoms with Gasteiger partial charge in [0.1, 0.15) is 18.1 Å². The number of aromatic nitrogens is 1. The SMILES string of the molecule is COc1cc(NC(=O)c2cc(C)c(OCc3cccnc3)c(C)c2)ccc1NS(C)(=O)=O. The lowest BCUT2D eigenvalue weighted by atomic mass is 10.0. The maximum absolute atomic E-state index is 12.8. The van der Waals surface area contributed by atoms with Crippen molar-refractivity contribution in [3.63, 3.8) is 0 Å². The standard InChI is InChI=1S/C23H25N3O5S/c1-15-10-18(11-16(2)22(15)31-14-17-6-5-9-24-13-17)23(27)25-19-7-8-20(21(12-19)30-3)26-32(4,28)29/h5-13,26H,14H2,1-4H3,(H,25,27). The van der Waals surface area contributed by atoms with Crippen LogP contribution in [0.15, 0.2) is 54.9 Å². The van der Waals surface area contributed by atoms with Gasteiger partial charge in [0.25, 0.3) is 5.91 Å². The molecular formula is C23H25N3O5S. The van der Waals surface area contributed by atoms with Crippen LogP contribution in [0.2, 0.25) is 0 Å². The van der Waals surface area contributed by atoms with Crippen LogP contribution in [0.25, 0.3) is 0 Å². The highest BCUT2D eigenvalue weighted by Gasteiger charge is 2.14. The number of nitrogens with one attached hydrogen (secondary N) is 2. The lowest BCUT2D eigenvalue weighted by Gasteiger charge is -2.15. The van der Waals surface area contributed by atoms with E-state index >= 15 is 0 Å². The van der Waals surface area contributed by atoms with Crippen LogP contribution in [0.1, 0.15) is 27.0 Å². The highest BCUT2D eigenvalue weighted by molar-refractivity contribution is 7.92. The Morgan fingerprint density at radius 2 is 1.81 bits per heavy atom. The number of anilines is 2. The predicted molar refractivity (Wildman–Crippen MR) is 124 cm³/mol. The summed E-state index contributed by atoms with van der Waals surface area (Å²) in [4.78, 5) is 16.9. The van der Waals surface area contributed by atoms with Gasteiger partial charge in [0.2, 0.25) is 10.0 Å². The van der Waals surface area contributed by atoms with Gasteiger partial charge in [-0.1, -0.05) is 6.07 Å². The van der Waals surface area contributed by atoms with Crippen LogP contribution >= 0.6 is 0 Å². The summed E-state index contributed by atoms with van der Waals surface area (Å²) < 4.78 is 36.5. The smallest absolute Gasteiger partial charge is 0.255 e. The number of amides is 1. The van der Waals surface area contributed by atoms with Crippen molar-refractivity contribution < 1.29 is 22.7 Å². The molecule has 3 aromatic rings. The molecule has 0 saturated carbocycles. The lowest BCUT2D eigenvalue weighted by molar-refractivity contribution is 0.102. The van der Waals surface area contributed by atoms with Gasteiger partial charge in [-0.15, -0.1) is 0 Å². The molecule has 8 nitrogen and oxygen atoms in total. The van der Waals surface area contributed by atoms with E-state index in [-0.39, 0.29) is 11.6 Å². The number of pyridine rings is 1. The van der Waals surface area contributed by atoms with Gasteiger partial charge >= 0.3 is 0 Å². The van der Waals surface area contributed by atoms with Crippen LogP contribution in [0.4, 0.5) is 11.4 Å². The minimum absolute atomic E-state index is 0.287. The van der Waals surface area contributed by atoms with Gasteiger partial charge in [0.15, 0.2) is 0 Å². The maximum atomic E-state index is 12.8. The van der Waals surface area contributed by atoms with Gasteiger partial charge in [-0.2, -0.15) is 0 Å². The fourth-order valence-corrected chi connectivity index (χ4v) is 3.77. The van der Waals surface area contributed by atoms with Crippen molar-refractivity contribution in [1.29, 1.82) is 0 Å². The first-order valence-electron chi connectivity index (χ1n) is 9.76. The molecule has 9 heteroatoms. The molecule has 1 aromatic heterocycles. The predicted octanol–water partition coefficient (Wildman–Crippen LogP) is 3.91.